The molecular weight excluding hydrogens is 312 g/mol. The Labute approximate surface area is 123 Å². The van der Waals surface area contributed by atoms with Crippen LogP contribution in [0.3, 0.4) is 0 Å². The average Bonchev–Trinajstić information content (AvgIpc) is 2.53. The van der Waals surface area contributed by atoms with Crippen LogP contribution in [0.25, 0.3) is 0 Å². The van der Waals surface area contributed by atoms with Crippen LogP contribution in [0, 0.1) is 12.8 Å². The molecule has 1 aliphatic rings. The van der Waals surface area contributed by atoms with Crippen LogP contribution in [-0.4, -0.2) is 14.6 Å². The zero-order valence-electron chi connectivity index (χ0n) is 11.3. The number of alkyl halides is 1. The highest BCUT2D eigenvalue weighted by Crippen LogP contribution is 2.33. The van der Waals surface area contributed by atoms with Crippen LogP contribution in [0.15, 0.2) is 0 Å². The predicted octanol–water partition coefficient (Wildman–Crippen LogP) is 4.75. The minimum absolute atomic E-state index is 0.636. The molecule has 0 aromatic carbocycles. The molecule has 1 aromatic rings. The van der Waals surface area contributed by atoms with Gasteiger partial charge in [-0.05, 0) is 39.0 Å². The number of halogens is 2. The molecule has 1 aromatic heterocycles. The van der Waals surface area contributed by atoms with Gasteiger partial charge in [0.15, 0.2) is 0 Å². The zero-order chi connectivity index (χ0) is 13.1. The summed E-state index contributed by atoms with van der Waals surface area (Å²) in [4.78, 5) is 0.636. The summed E-state index contributed by atoms with van der Waals surface area (Å²) >= 11 is 10.3. The molecule has 2 atom stereocenters. The second-order valence-corrected chi connectivity index (χ2v) is 6.83. The highest BCUT2D eigenvalue weighted by atomic mass is 79.9. The maximum Gasteiger partial charge on any atom is 0.0847 e. The lowest BCUT2D eigenvalue weighted by Gasteiger charge is -2.20. The molecule has 2 nitrogen and oxygen atoms in total. The number of hydrogen-bond acceptors (Lipinski definition) is 1. The van der Waals surface area contributed by atoms with Crippen molar-refractivity contribution in [2.45, 2.75) is 63.7 Å². The molecule has 1 saturated carbocycles. The van der Waals surface area contributed by atoms with Gasteiger partial charge in [0.1, 0.15) is 0 Å². The summed E-state index contributed by atoms with van der Waals surface area (Å²) in [6, 6.07) is 0. The summed E-state index contributed by atoms with van der Waals surface area (Å²) in [7, 11) is 0. The van der Waals surface area contributed by atoms with Gasteiger partial charge in [-0.15, -0.1) is 0 Å². The minimum atomic E-state index is 0.636. The lowest BCUT2D eigenvalue weighted by Crippen LogP contribution is -2.18. The first-order chi connectivity index (χ1) is 8.63. The smallest absolute Gasteiger partial charge is 0.0847 e. The van der Waals surface area contributed by atoms with Gasteiger partial charge < -0.3 is 0 Å². The van der Waals surface area contributed by atoms with Crippen molar-refractivity contribution in [1.29, 1.82) is 0 Å². The molecule has 4 heteroatoms. The standard InChI is InChI=1S/C14H22BrClN2/c1-3-18-13(14(16)10(2)17-18)9-11-7-5-4-6-8-12(11)15/h11-12H,3-9H2,1-2H3. The molecule has 0 radical (unpaired) electrons. The quantitative estimate of drug-likeness (QED) is 0.576. The van der Waals surface area contributed by atoms with Gasteiger partial charge in [0.05, 0.1) is 16.4 Å². The summed E-state index contributed by atoms with van der Waals surface area (Å²) in [6.07, 6.45) is 7.74. The Bertz CT molecular complexity index is 403. The van der Waals surface area contributed by atoms with Crippen molar-refractivity contribution in [3.8, 4) is 0 Å². The third kappa shape index (κ3) is 3.11. The molecule has 0 bridgehead atoms. The normalized spacial score (nSPS) is 25.1. The number of nitrogens with zero attached hydrogens (tertiary/aromatic N) is 2. The Morgan fingerprint density at radius 1 is 1.33 bits per heavy atom. The molecule has 1 fully saturated rings. The second-order valence-electron chi connectivity index (χ2n) is 5.28. The van der Waals surface area contributed by atoms with E-state index in [1.807, 2.05) is 6.92 Å². The molecule has 1 aliphatic carbocycles. The van der Waals surface area contributed by atoms with Gasteiger partial charge in [0.25, 0.3) is 0 Å². The van der Waals surface area contributed by atoms with E-state index < -0.39 is 0 Å². The Morgan fingerprint density at radius 2 is 2.06 bits per heavy atom. The molecule has 1 heterocycles. The van der Waals surface area contributed by atoms with Gasteiger partial charge in [0.2, 0.25) is 0 Å². The van der Waals surface area contributed by atoms with Gasteiger partial charge in [-0.2, -0.15) is 5.10 Å². The van der Waals surface area contributed by atoms with Crippen molar-refractivity contribution in [1.82, 2.24) is 9.78 Å². The van der Waals surface area contributed by atoms with Gasteiger partial charge >= 0.3 is 0 Å². The van der Waals surface area contributed by atoms with Crippen molar-refractivity contribution in [3.63, 3.8) is 0 Å². The first-order valence-electron chi connectivity index (χ1n) is 6.99. The van der Waals surface area contributed by atoms with Gasteiger partial charge in [-0.3, -0.25) is 4.68 Å². The van der Waals surface area contributed by atoms with Crippen molar-refractivity contribution >= 4 is 27.5 Å². The Hall–Kier alpha value is -0.0200. The third-order valence-electron chi connectivity index (χ3n) is 3.97. The Kier molecular flexibility index (Phi) is 5.14. The van der Waals surface area contributed by atoms with E-state index in [9.17, 15) is 0 Å². The number of hydrogen-bond donors (Lipinski definition) is 0. The lowest BCUT2D eigenvalue weighted by atomic mass is 9.94. The van der Waals surface area contributed by atoms with E-state index in [4.69, 9.17) is 11.6 Å². The fraction of sp³-hybridized carbons (Fsp3) is 0.786. The summed E-state index contributed by atoms with van der Waals surface area (Å²) in [5, 5.41) is 5.39. The largest absolute Gasteiger partial charge is 0.268 e. The van der Waals surface area contributed by atoms with Gasteiger partial charge in [-0.25, -0.2) is 0 Å². The van der Waals surface area contributed by atoms with E-state index in [0.717, 1.165) is 23.7 Å². The fourth-order valence-electron chi connectivity index (χ4n) is 2.88. The summed E-state index contributed by atoms with van der Waals surface area (Å²) in [5.74, 6) is 0.700. The van der Waals surface area contributed by atoms with E-state index >= 15 is 0 Å². The van der Waals surface area contributed by atoms with Crippen molar-refractivity contribution in [3.05, 3.63) is 16.4 Å². The number of aromatic nitrogens is 2. The molecule has 2 rings (SSSR count). The first-order valence-corrected chi connectivity index (χ1v) is 8.28. The van der Waals surface area contributed by atoms with E-state index in [1.165, 1.54) is 37.8 Å². The highest BCUT2D eigenvalue weighted by molar-refractivity contribution is 9.09. The molecule has 0 N–H and O–H groups in total. The summed E-state index contributed by atoms with van der Waals surface area (Å²) < 4.78 is 2.07. The topological polar surface area (TPSA) is 17.8 Å². The maximum absolute atomic E-state index is 6.40. The average molecular weight is 334 g/mol. The van der Waals surface area contributed by atoms with Gasteiger partial charge in [-0.1, -0.05) is 46.8 Å². The molecule has 102 valence electrons. The molecule has 0 aliphatic heterocycles. The summed E-state index contributed by atoms with van der Waals surface area (Å²) in [5.41, 5.74) is 2.20. The number of aryl methyl sites for hydroxylation is 2. The van der Waals surface area contributed by atoms with Crippen LogP contribution >= 0.6 is 27.5 Å². The number of rotatable bonds is 3. The van der Waals surface area contributed by atoms with E-state index in [-0.39, 0.29) is 0 Å². The molecule has 0 spiro atoms. The molecule has 18 heavy (non-hydrogen) atoms. The third-order valence-corrected chi connectivity index (χ3v) is 5.67. The minimum Gasteiger partial charge on any atom is -0.268 e. The maximum atomic E-state index is 6.40. The first kappa shape index (κ1) is 14.4. The van der Waals surface area contributed by atoms with E-state index in [0.29, 0.717) is 10.7 Å². The lowest BCUT2D eigenvalue weighted by molar-refractivity contribution is 0.454. The monoisotopic (exact) mass is 332 g/mol. The predicted molar refractivity (Wildman–Crippen MR) is 80.6 cm³/mol. The Morgan fingerprint density at radius 3 is 2.78 bits per heavy atom. The van der Waals surface area contributed by atoms with E-state index in [1.54, 1.807) is 0 Å². The van der Waals surface area contributed by atoms with Crippen LogP contribution < -0.4 is 0 Å². The van der Waals surface area contributed by atoms with Crippen LogP contribution in [0.5, 0.6) is 0 Å². The fourth-order valence-corrected chi connectivity index (χ4v) is 3.87. The summed E-state index contributed by atoms with van der Waals surface area (Å²) in [6.45, 7) is 5.03. The zero-order valence-corrected chi connectivity index (χ0v) is 13.6. The molecule has 0 amide bonds. The van der Waals surface area contributed by atoms with Crippen molar-refractivity contribution in [2.24, 2.45) is 5.92 Å². The SMILES string of the molecule is CCn1nc(C)c(Cl)c1CC1CCCCCC1Br. The molecular formula is C14H22BrClN2. The van der Waals surface area contributed by atoms with E-state index in [2.05, 4.69) is 32.6 Å². The van der Waals surface area contributed by atoms with Gasteiger partial charge in [0, 0.05) is 11.4 Å². The second kappa shape index (κ2) is 6.42. The van der Waals surface area contributed by atoms with Crippen LogP contribution in [-0.2, 0) is 13.0 Å². The van der Waals surface area contributed by atoms with Crippen LogP contribution in [0.1, 0.15) is 50.4 Å². The Balaban J connectivity index is 2.16. The molecule has 2 unspecified atom stereocenters. The van der Waals surface area contributed by atoms with Crippen molar-refractivity contribution < 1.29 is 0 Å². The highest BCUT2D eigenvalue weighted by Gasteiger charge is 2.24. The molecule has 0 saturated heterocycles. The van der Waals surface area contributed by atoms with Crippen LogP contribution in [0.2, 0.25) is 5.02 Å². The van der Waals surface area contributed by atoms with Crippen LogP contribution in [0.4, 0.5) is 0 Å². The van der Waals surface area contributed by atoms with Crippen molar-refractivity contribution in [2.75, 3.05) is 0 Å².